The number of aromatic nitrogens is 1. The molecule has 1 aromatic carbocycles. The Labute approximate surface area is 112 Å². The Morgan fingerprint density at radius 3 is 2.72 bits per heavy atom. The normalized spacial score (nSPS) is 16.9. The third-order valence-corrected chi connectivity index (χ3v) is 4.54. The van der Waals surface area contributed by atoms with Crippen LogP contribution >= 0.6 is 11.3 Å². The molecular formula is C15H18N2S. The monoisotopic (exact) mass is 258 g/mol. The molecule has 94 valence electrons. The first-order valence-electron chi connectivity index (χ1n) is 6.61. The van der Waals surface area contributed by atoms with Gasteiger partial charge in [0, 0.05) is 17.7 Å². The van der Waals surface area contributed by atoms with Gasteiger partial charge in [0.25, 0.3) is 0 Å². The second kappa shape index (κ2) is 5.63. The summed E-state index contributed by atoms with van der Waals surface area (Å²) in [5, 5.41) is 6.97. The lowest BCUT2D eigenvalue weighted by molar-refractivity contribution is 0.458. The first-order chi connectivity index (χ1) is 8.92. The van der Waals surface area contributed by atoms with Crippen LogP contribution < -0.4 is 5.32 Å². The van der Waals surface area contributed by atoms with Gasteiger partial charge >= 0.3 is 0 Å². The lowest BCUT2D eigenvalue weighted by Gasteiger charge is -2.20. The Morgan fingerprint density at radius 2 is 1.94 bits per heavy atom. The van der Waals surface area contributed by atoms with Crippen LogP contribution in [0.2, 0.25) is 0 Å². The molecule has 0 saturated carbocycles. The fourth-order valence-corrected chi connectivity index (χ4v) is 3.46. The van der Waals surface area contributed by atoms with Crippen molar-refractivity contribution < 1.29 is 0 Å². The predicted octanol–water partition coefficient (Wildman–Crippen LogP) is 3.20. The molecule has 0 spiro atoms. The van der Waals surface area contributed by atoms with E-state index < -0.39 is 0 Å². The highest BCUT2D eigenvalue weighted by Gasteiger charge is 2.18. The number of rotatable bonds is 3. The summed E-state index contributed by atoms with van der Waals surface area (Å²) in [7, 11) is 0. The van der Waals surface area contributed by atoms with Crippen LogP contribution in [0.25, 0.3) is 0 Å². The number of nitrogens with zero attached hydrogens (tertiary/aromatic N) is 1. The number of hydrogen-bond donors (Lipinski definition) is 1. The van der Waals surface area contributed by atoms with Gasteiger partial charge in [-0.3, -0.25) is 0 Å². The summed E-state index contributed by atoms with van der Waals surface area (Å²) in [6.45, 7) is 2.27. The number of nitrogens with one attached hydrogen (secondary N) is 1. The lowest BCUT2D eigenvalue weighted by Crippen LogP contribution is -2.26. The minimum Gasteiger partial charge on any atom is -0.317 e. The van der Waals surface area contributed by atoms with E-state index in [0.717, 1.165) is 19.5 Å². The van der Waals surface area contributed by atoms with Gasteiger partial charge in [-0.05, 0) is 31.5 Å². The van der Waals surface area contributed by atoms with Crippen molar-refractivity contribution in [2.45, 2.75) is 25.2 Å². The highest BCUT2D eigenvalue weighted by Crippen LogP contribution is 2.28. The van der Waals surface area contributed by atoms with E-state index in [1.807, 2.05) is 11.3 Å². The van der Waals surface area contributed by atoms with Crippen LogP contribution in [0, 0.1) is 0 Å². The molecule has 1 N–H and O–H groups in total. The number of piperidine rings is 1. The quantitative estimate of drug-likeness (QED) is 0.914. The molecule has 1 aromatic heterocycles. The van der Waals surface area contributed by atoms with Crippen LogP contribution in [-0.4, -0.2) is 18.1 Å². The first-order valence-corrected chi connectivity index (χ1v) is 7.49. The Balaban J connectivity index is 1.69. The lowest BCUT2D eigenvalue weighted by atomic mass is 9.99. The number of thiazole rings is 1. The van der Waals surface area contributed by atoms with Gasteiger partial charge in [-0.2, -0.15) is 0 Å². The fraction of sp³-hybridized carbons (Fsp3) is 0.400. The first kappa shape index (κ1) is 11.9. The second-order valence-electron chi connectivity index (χ2n) is 4.86. The van der Waals surface area contributed by atoms with Gasteiger partial charge in [0.05, 0.1) is 10.7 Å². The average Bonchev–Trinajstić information content (AvgIpc) is 2.89. The molecule has 1 aliphatic rings. The van der Waals surface area contributed by atoms with Crippen molar-refractivity contribution in [3.05, 3.63) is 52.0 Å². The molecule has 3 rings (SSSR count). The zero-order valence-electron chi connectivity index (χ0n) is 10.4. The minimum atomic E-state index is 0.681. The van der Waals surface area contributed by atoms with Crippen LogP contribution in [0.4, 0.5) is 0 Å². The number of benzene rings is 1. The molecule has 0 amide bonds. The smallest absolute Gasteiger partial charge is 0.0960 e. The van der Waals surface area contributed by atoms with Crippen LogP contribution in [0.15, 0.2) is 35.7 Å². The van der Waals surface area contributed by atoms with Crippen LogP contribution in [0.3, 0.4) is 0 Å². The summed E-state index contributed by atoms with van der Waals surface area (Å²) in [4.78, 5) is 4.82. The average molecular weight is 258 g/mol. The molecule has 2 aromatic rings. The van der Waals surface area contributed by atoms with E-state index in [2.05, 4.69) is 41.0 Å². The van der Waals surface area contributed by atoms with E-state index in [0.29, 0.717) is 5.92 Å². The van der Waals surface area contributed by atoms with Gasteiger partial charge in [0.1, 0.15) is 0 Å². The molecule has 3 heteroatoms. The molecule has 1 fully saturated rings. The van der Waals surface area contributed by atoms with Crippen molar-refractivity contribution >= 4 is 11.3 Å². The van der Waals surface area contributed by atoms with Gasteiger partial charge in [-0.15, -0.1) is 11.3 Å². The molecule has 0 bridgehead atoms. The van der Waals surface area contributed by atoms with Gasteiger partial charge in [0.15, 0.2) is 0 Å². The molecule has 2 nitrogen and oxygen atoms in total. The van der Waals surface area contributed by atoms with E-state index in [9.17, 15) is 0 Å². The van der Waals surface area contributed by atoms with Gasteiger partial charge in [0.2, 0.25) is 0 Å². The summed E-state index contributed by atoms with van der Waals surface area (Å²) in [6, 6.07) is 10.6. The van der Waals surface area contributed by atoms with E-state index in [-0.39, 0.29) is 0 Å². The van der Waals surface area contributed by atoms with E-state index in [4.69, 9.17) is 4.98 Å². The van der Waals surface area contributed by atoms with Crippen LogP contribution in [0.1, 0.15) is 35.0 Å². The molecule has 0 aliphatic carbocycles. The zero-order chi connectivity index (χ0) is 12.2. The molecule has 0 radical (unpaired) electrons. The second-order valence-corrected chi connectivity index (χ2v) is 5.75. The maximum atomic E-state index is 4.82. The van der Waals surface area contributed by atoms with Gasteiger partial charge in [-0.1, -0.05) is 30.3 Å². The summed E-state index contributed by atoms with van der Waals surface area (Å²) < 4.78 is 0. The van der Waals surface area contributed by atoms with E-state index >= 15 is 0 Å². The largest absolute Gasteiger partial charge is 0.317 e. The van der Waals surface area contributed by atoms with Gasteiger partial charge in [-0.25, -0.2) is 4.98 Å². The summed E-state index contributed by atoms with van der Waals surface area (Å²) >= 11 is 1.84. The van der Waals surface area contributed by atoms with Crippen LogP contribution in [0.5, 0.6) is 0 Å². The highest BCUT2D eigenvalue weighted by molar-refractivity contribution is 7.09. The van der Waals surface area contributed by atoms with E-state index in [1.54, 1.807) is 0 Å². The Morgan fingerprint density at radius 1 is 1.17 bits per heavy atom. The zero-order valence-corrected chi connectivity index (χ0v) is 11.2. The molecule has 1 saturated heterocycles. The third-order valence-electron chi connectivity index (χ3n) is 3.49. The molecule has 18 heavy (non-hydrogen) atoms. The van der Waals surface area contributed by atoms with Crippen molar-refractivity contribution in [1.29, 1.82) is 0 Å². The van der Waals surface area contributed by atoms with Crippen molar-refractivity contribution in [2.75, 3.05) is 13.1 Å². The van der Waals surface area contributed by atoms with E-state index in [1.165, 1.54) is 29.1 Å². The third kappa shape index (κ3) is 2.79. The Bertz CT molecular complexity index is 486. The Kier molecular flexibility index (Phi) is 3.72. The molecule has 2 heterocycles. The summed E-state index contributed by atoms with van der Waals surface area (Å²) in [5.74, 6) is 0.681. The highest BCUT2D eigenvalue weighted by atomic mass is 32.1. The van der Waals surface area contributed by atoms with Crippen LogP contribution in [-0.2, 0) is 6.42 Å². The number of hydrogen-bond acceptors (Lipinski definition) is 3. The SMILES string of the molecule is c1ccc(Cc2csc(C3CCNCC3)n2)cc1. The molecular weight excluding hydrogens is 240 g/mol. The fourth-order valence-electron chi connectivity index (χ4n) is 2.47. The minimum absolute atomic E-state index is 0.681. The summed E-state index contributed by atoms with van der Waals surface area (Å²) in [5.41, 5.74) is 2.57. The van der Waals surface area contributed by atoms with Crippen molar-refractivity contribution in [3.8, 4) is 0 Å². The van der Waals surface area contributed by atoms with Crippen molar-refractivity contribution in [3.63, 3.8) is 0 Å². The summed E-state index contributed by atoms with van der Waals surface area (Å²) in [6.07, 6.45) is 3.43. The predicted molar refractivity (Wildman–Crippen MR) is 76.2 cm³/mol. The van der Waals surface area contributed by atoms with Crippen molar-refractivity contribution in [2.24, 2.45) is 0 Å². The van der Waals surface area contributed by atoms with Gasteiger partial charge < -0.3 is 5.32 Å². The topological polar surface area (TPSA) is 24.9 Å². The maximum Gasteiger partial charge on any atom is 0.0960 e. The standard InChI is InChI=1S/C15H18N2S/c1-2-4-12(5-3-1)10-14-11-18-15(17-14)13-6-8-16-9-7-13/h1-5,11,13,16H,6-10H2. The maximum absolute atomic E-state index is 4.82. The molecule has 0 atom stereocenters. The molecule has 0 unspecified atom stereocenters. The molecule has 1 aliphatic heterocycles. The van der Waals surface area contributed by atoms with Crippen molar-refractivity contribution in [1.82, 2.24) is 10.3 Å². The Hall–Kier alpha value is -1.19.